The minimum Gasteiger partial charge on any atom is -0.460 e. The molecule has 2 aromatic carbocycles. The molecule has 4 nitrogen and oxygen atoms in total. The van der Waals surface area contributed by atoms with Crippen LogP contribution >= 0.6 is 0 Å². The van der Waals surface area contributed by atoms with Crippen LogP contribution in [0.3, 0.4) is 0 Å². The summed E-state index contributed by atoms with van der Waals surface area (Å²) >= 11 is 0. The number of hydrogen-bond acceptors (Lipinski definition) is 4. The first-order chi connectivity index (χ1) is 11.8. The van der Waals surface area contributed by atoms with E-state index < -0.39 is 53.2 Å². The van der Waals surface area contributed by atoms with Crippen LogP contribution in [0.4, 0.5) is 22.0 Å². The second-order valence-electron chi connectivity index (χ2n) is 4.70. The zero-order valence-corrected chi connectivity index (χ0v) is 12.3. The Hall–Kier alpha value is -2.97. The van der Waals surface area contributed by atoms with Crippen molar-refractivity contribution < 1.29 is 41.0 Å². The summed E-state index contributed by atoms with van der Waals surface area (Å²) in [4.78, 5) is 22.9. The van der Waals surface area contributed by atoms with E-state index in [-0.39, 0.29) is 6.61 Å². The summed E-state index contributed by atoms with van der Waals surface area (Å²) in [5, 5.41) is 0. The second kappa shape index (κ2) is 7.73. The van der Waals surface area contributed by atoms with Crippen molar-refractivity contribution in [2.75, 3.05) is 0 Å². The number of ether oxygens (including phenoxy) is 2. The van der Waals surface area contributed by atoms with Crippen molar-refractivity contribution in [3.8, 4) is 5.75 Å². The molecule has 132 valence electrons. The summed E-state index contributed by atoms with van der Waals surface area (Å²) in [6.07, 6.45) is -1.08. The van der Waals surface area contributed by atoms with Gasteiger partial charge >= 0.3 is 11.9 Å². The maximum absolute atomic E-state index is 13.4. The van der Waals surface area contributed by atoms with E-state index in [0.717, 1.165) is 0 Å². The van der Waals surface area contributed by atoms with Crippen LogP contribution in [0.1, 0.15) is 12.0 Å². The van der Waals surface area contributed by atoms with Crippen LogP contribution in [0.25, 0.3) is 0 Å². The lowest BCUT2D eigenvalue weighted by atomic mass is 10.2. The number of halogens is 5. The molecule has 25 heavy (non-hydrogen) atoms. The highest BCUT2D eigenvalue weighted by molar-refractivity contribution is 5.92. The first-order valence-electron chi connectivity index (χ1n) is 6.73. The van der Waals surface area contributed by atoms with E-state index >= 15 is 0 Å². The van der Waals surface area contributed by atoms with Gasteiger partial charge in [-0.1, -0.05) is 30.3 Å². The van der Waals surface area contributed by atoms with Crippen LogP contribution < -0.4 is 4.74 Å². The molecule has 0 bridgehead atoms. The lowest BCUT2D eigenvalue weighted by Crippen LogP contribution is -2.18. The van der Waals surface area contributed by atoms with Gasteiger partial charge in [0.25, 0.3) is 0 Å². The van der Waals surface area contributed by atoms with Gasteiger partial charge in [-0.25, -0.2) is 13.2 Å². The summed E-state index contributed by atoms with van der Waals surface area (Å²) in [6, 6.07) is 8.37. The van der Waals surface area contributed by atoms with Gasteiger partial charge in [0.2, 0.25) is 34.8 Å². The molecule has 0 unspecified atom stereocenters. The molecule has 0 saturated heterocycles. The summed E-state index contributed by atoms with van der Waals surface area (Å²) in [7, 11) is 0. The first-order valence-corrected chi connectivity index (χ1v) is 6.73. The van der Waals surface area contributed by atoms with Crippen LogP contribution in [-0.2, 0) is 20.9 Å². The second-order valence-corrected chi connectivity index (χ2v) is 4.70. The zero-order valence-electron chi connectivity index (χ0n) is 12.3. The first kappa shape index (κ1) is 18.4. The van der Waals surface area contributed by atoms with Crippen LogP contribution in [0, 0.1) is 29.1 Å². The predicted octanol–water partition coefficient (Wildman–Crippen LogP) is 3.42. The van der Waals surface area contributed by atoms with E-state index in [1.807, 2.05) is 0 Å². The van der Waals surface area contributed by atoms with Gasteiger partial charge in [0.05, 0.1) is 0 Å². The van der Waals surface area contributed by atoms with Crippen molar-refractivity contribution in [2.45, 2.75) is 13.0 Å². The van der Waals surface area contributed by atoms with Gasteiger partial charge in [-0.05, 0) is 5.56 Å². The van der Waals surface area contributed by atoms with Crippen LogP contribution in [-0.4, -0.2) is 11.9 Å². The molecule has 0 amide bonds. The highest BCUT2D eigenvalue weighted by atomic mass is 19.2. The minimum absolute atomic E-state index is 0.171. The molecule has 0 radical (unpaired) electrons. The van der Waals surface area contributed by atoms with Gasteiger partial charge in [0.15, 0.2) is 0 Å². The average Bonchev–Trinajstić information content (AvgIpc) is 2.61. The fourth-order valence-electron chi connectivity index (χ4n) is 1.73. The molecule has 0 N–H and O–H groups in total. The minimum atomic E-state index is -2.39. The van der Waals surface area contributed by atoms with Crippen molar-refractivity contribution in [1.29, 1.82) is 0 Å². The lowest BCUT2D eigenvalue weighted by molar-refractivity contribution is -0.151. The van der Waals surface area contributed by atoms with Crippen molar-refractivity contribution >= 4 is 11.9 Å². The predicted molar refractivity (Wildman–Crippen MR) is 72.7 cm³/mol. The highest BCUT2D eigenvalue weighted by Gasteiger charge is 2.29. The van der Waals surface area contributed by atoms with Gasteiger partial charge in [-0.3, -0.25) is 9.59 Å². The molecule has 9 heteroatoms. The molecule has 0 heterocycles. The quantitative estimate of drug-likeness (QED) is 0.205. The number of rotatable bonds is 5. The van der Waals surface area contributed by atoms with Crippen molar-refractivity contribution in [3.05, 3.63) is 65.0 Å². The zero-order chi connectivity index (χ0) is 18.6. The van der Waals surface area contributed by atoms with Crippen LogP contribution in [0.2, 0.25) is 0 Å². The third-order valence-electron chi connectivity index (χ3n) is 2.92. The smallest absolute Gasteiger partial charge is 0.322 e. The van der Waals surface area contributed by atoms with E-state index in [1.54, 1.807) is 30.3 Å². The Kier molecular flexibility index (Phi) is 5.68. The molecular formula is C16H9F5O4. The van der Waals surface area contributed by atoms with Gasteiger partial charge in [0.1, 0.15) is 13.0 Å². The molecular weight excluding hydrogens is 351 g/mol. The Balaban J connectivity index is 2.00. The van der Waals surface area contributed by atoms with E-state index in [2.05, 4.69) is 4.74 Å². The summed E-state index contributed by atoms with van der Waals surface area (Å²) in [5.74, 6) is -16.0. The fraction of sp³-hybridized carbons (Fsp3) is 0.125. The van der Waals surface area contributed by atoms with Crippen molar-refractivity contribution in [1.82, 2.24) is 0 Å². The maximum Gasteiger partial charge on any atom is 0.322 e. The third-order valence-corrected chi connectivity index (χ3v) is 2.92. The third kappa shape index (κ3) is 4.31. The average molecular weight is 360 g/mol. The Morgan fingerprint density at radius 3 is 1.84 bits per heavy atom. The molecule has 2 rings (SSSR count). The van der Waals surface area contributed by atoms with Gasteiger partial charge in [-0.2, -0.15) is 8.78 Å². The molecule has 0 aromatic heterocycles. The summed E-state index contributed by atoms with van der Waals surface area (Å²) < 4.78 is 74.3. The van der Waals surface area contributed by atoms with E-state index in [0.29, 0.717) is 5.56 Å². The van der Waals surface area contributed by atoms with E-state index in [9.17, 15) is 31.5 Å². The van der Waals surface area contributed by atoms with Crippen molar-refractivity contribution in [2.24, 2.45) is 0 Å². The number of hydrogen-bond donors (Lipinski definition) is 0. The number of esters is 2. The topological polar surface area (TPSA) is 52.6 Å². The molecule has 0 spiro atoms. The fourth-order valence-corrected chi connectivity index (χ4v) is 1.73. The molecule has 0 fully saturated rings. The lowest BCUT2D eigenvalue weighted by Gasteiger charge is -2.09. The number of carbonyl (C=O) groups is 2. The highest BCUT2D eigenvalue weighted by Crippen LogP contribution is 2.29. The SMILES string of the molecule is O=C(CC(=O)Oc1c(F)c(F)c(F)c(F)c1F)OCc1ccccc1. The normalized spacial score (nSPS) is 10.4. The molecule has 0 atom stereocenters. The van der Waals surface area contributed by atoms with Crippen LogP contribution in [0.5, 0.6) is 5.75 Å². The standard InChI is InChI=1S/C16H9F5O4/c17-11-12(18)14(20)16(15(21)13(11)19)25-10(23)6-9(22)24-7-8-4-2-1-3-5-8/h1-5H,6-7H2. The maximum atomic E-state index is 13.4. The van der Waals surface area contributed by atoms with E-state index in [4.69, 9.17) is 4.74 Å². The Morgan fingerprint density at radius 1 is 0.760 bits per heavy atom. The summed E-state index contributed by atoms with van der Waals surface area (Å²) in [5.41, 5.74) is 0.615. The van der Waals surface area contributed by atoms with Gasteiger partial charge in [0, 0.05) is 0 Å². The van der Waals surface area contributed by atoms with Gasteiger partial charge in [-0.15, -0.1) is 0 Å². The van der Waals surface area contributed by atoms with E-state index in [1.165, 1.54) is 0 Å². The van der Waals surface area contributed by atoms with Crippen molar-refractivity contribution in [3.63, 3.8) is 0 Å². The molecule has 0 aliphatic rings. The number of carbonyl (C=O) groups excluding carboxylic acids is 2. The van der Waals surface area contributed by atoms with Gasteiger partial charge < -0.3 is 9.47 Å². The molecule has 0 saturated carbocycles. The Morgan fingerprint density at radius 2 is 1.28 bits per heavy atom. The number of benzene rings is 2. The monoisotopic (exact) mass is 360 g/mol. The Labute approximate surface area is 137 Å². The molecule has 2 aromatic rings. The van der Waals surface area contributed by atoms with Crippen LogP contribution in [0.15, 0.2) is 30.3 Å². The molecule has 0 aliphatic heterocycles. The molecule has 0 aliphatic carbocycles. The Bertz CT molecular complexity index is 779. The summed E-state index contributed by atoms with van der Waals surface area (Å²) in [6.45, 7) is -0.171. The largest absolute Gasteiger partial charge is 0.460 e.